The molecule has 26 heavy (non-hydrogen) atoms. The Labute approximate surface area is 160 Å². The van der Waals surface area contributed by atoms with E-state index in [1.165, 1.54) is 0 Å². The summed E-state index contributed by atoms with van der Waals surface area (Å²) in [5.41, 5.74) is 7.29. The molecule has 0 spiro atoms. The number of nitrogens with one attached hydrogen (secondary N) is 1. The molecule has 3 rings (SSSR count). The fraction of sp³-hybridized carbons (Fsp3) is 0.579. The molecule has 0 bridgehead atoms. The molecule has 1 saturated carbocycles. The van der Waals surface area contributed by atoms with Gasteiger partial charge >= 0.3 is 0 Å². The number of carbonyl (C=O) groups excluding carboxylic acids is 2. The van der Waals surface area contributed by atoms with E-state index in [1.807, 2.05) is 32.0 Å². The second-order valence-electron chi connectivity index (χ2n) is 7.47. The second kappa shape index (κ2) is 7.84. The van der Waals surface area contributed by atoms with Crippen LogP contribution in [0, 0.1) is 18.8 Å². The summed E-state index contributed by atoms with van der Waals surface area (Å²) in [4.78, 5) is 26.9. The van der Waals surface area contributed by atoms with Gasteiger partial charge in [-0.05, 0) is 50.3 Å². The standard InChI is InChI=1S/C19H27N3O3.ClH/c1-12-4-7-16(25-3)15(8-12)22-10-13(9-17(22)23)18(24)21-19(2,11-20)14-5-6-14;/h4,7-8,13-14H,5-6,9-11,20H2,1-3H3,(H,21,24);1H. The van der Waals surface area contributed by atoms with E-state index >= 15 is 0 Å². The van der Waals surface area contributed by atoms with Crippen molar-refractivity contribution >= 4 is 29.9 Å². The zero-order chi connectivity index (χ0) is 18.2. The predicted octanol–water partition coefficient (Wildman–Crippen LogP) is 2.02. The summed E-state index contributed by atoms with van der Waals surface area (Å²) in [6, 6.07) is 5.71. The van der Waals surface area contributed by atoms with Gasteiger partial charge in [-0.1, -0.05) is 6.07 Å². The van der Waals surface area contributed by atoms with Crippen LogP contribution in [0.5, 0.6) is 5.75 Å². The van der Waals surface area contributed by atoms with E-state index in [0.29, 0.717) is 24.8 Å². The molecule has 2 aliphatic rings. The molecule has 1 aliphatic heterocycles. The van der Waals surface area contributed by atoms with Gasteiger partial charge in [-0.25, -0.2) is 0 Å². The van der Waals surface area contributed by atoms with Gasteiger partial charge in [0, 0.05) is 19.5 Å². The molecule has 2 fully saturated rings. The highest BCUT2D eigenvalue weighted by molar-refractivity contribution is 6.01. The van der Waals surface area contributed by atoms with Crippen LogP contribution in [0.3, 0.4) is 0 Å². The predicted molar refractivity (Wildman–Crippen MR) is 104 cm³/mol. The SMILES string of the molecule is COc1ccc(C)cc1N1CC(C(=O)NC(C)(CN)C2CC2)CC1=O.Cl. The molecule has 144 valence electrons. The van der Waals surface area contributed by atoms with Gasteiger partial charge in [-0.2, -0.15) is 0 Å². The third kappa shape index (κ3) is 3.96. The molecule has 0 radical (unpaired) electrons. The minimum atomic E-state index is -0.366. The first-order valence-electron chi connectivity index (χ1n) is 8.85. The van der Waals surface area contributed by atoms with Crippen molar-refractivity contribution in [3.8, 4) is 5.75 Å². The second-order valence-corrected chi connectivity index (χ2v) is 7.47. The first-order chi connectivity index (χ1) is 11.9. The first-order valence-corrected chi connectivity index (χ1v) is 8.85. The molecular weight excluding hydrogens is 354 g/mol. The Morgan fingerprint density at radius 1 is 1.42 bits per heavy atom. The van der Waals surface area contributed by atoms with Crippen molar-refractivity contribution in [3.63, 3.8) is 0 Å². The number of anilines is 1. The lowest BCUT2D eigenvalue weighted by molar-refractivity contribution is -0.128. The number of hydrogen-bond donors (Lipinski definition) is 2. The van der Waals surface area contributed by atoms with Gasteiger partial charge in [0.1, 0.15) is 5.75 Å². The van der Waals surface area contributed by atoms with Gasteiger partial charge in [0.15, 0.2) is 0 Å². The fourth-order valence-electron chi connectivity index (χ4n) is 3.55. The van der Waals surface area contributed by atoms with Crippen LogP contribution < -0.4 is 20.7 Å². The van der Waals surface area contributed by atoms with Crippen LogP contribution in [0.4, 0.5) is 5.69 Å². The molecular formula is C19H28ClN3O3. The molecule has 1 saturated heterocycles. The van der Waals surface area contributed by atoms with Crippen LogP contribution in [0.2, 0.25) is 0 Å². The number of hydrogen-bond acceptors (Lipinski definition) is 4. The summed E-state index contributed by atoms with van der Waals surface area (Å²) in [5.74, 6) is 0.603. The van der Waals surface area contributed by atoms with Crippen LogP contribution in [0.15, 0.2) is 18.2 Å². The number of benzene rings is 1. The molecule has 7 heteroatoms. The topological polar surface area (TPSA) is 84.7 Å². The molecule has 6 nitrogen and oxygen atoms in total. The van der Waals surface area contributed by atoms with Crippen molar-refractivity contribution < 1.29 is 14.3 Å². The Balaban J connectivity index is 0.00000243. The number of rotatable bonds is 6. The Kier molecular flexibility index (Phi) is 6.19. The van der Waals surface area contributed by atoms with E-state index in [4.69, 9.17) is 10.5 Å². The molecule has 0 aromatic heterocycles. The number of nitrogens with two attached hydrogens (primary N) is 1. The number of aryl methyl sites for hydroxylation is 1. The van der Waals surface area contributed by atoms with Crippen LogP contribution >= 0.6 is 12.4 Å². The fourth-order valence-corrected chi connectivity index (χ4v) is 3.55. The average Bonchev–Trinajstić information content (AvgIpc) is 3.38. The summed E-state index contributed by atoms with van der Waals surface area (Å²) in [6.45, 7) is 4.76. The highest BCUT2D eigenvalue weighted by Gasteiger charge is 2.44. The molecule has 3 N–H and O–H groups in total. The molecule has 2 amide bonds. The largest absolute Gasteiger partial charge is 0.495 e. The van der Waals surface area contributed by atoms with E-state index in [2.05, 4.69) is 5.32 Å². The molecule has 1 aromatic rings. The van der Waals surface area contributed by atoms with Gasteiger partial charge in [0.05, 0.1) is 24.3 Å². The number of methoxy groups -OCH3 is 1. The van der Waals surface area contributed by atoms with E-state index in [1.54, 1.807) is 12.0 Å². The third-order valence-electron chi connectivity index (χ3n) is 5.43. The van der Waals surface area contributed by atoms with E-state index in [-0.39, 0.29) is 42.1 Å². The minimum absolute atomic E-state index is 0. The molecule has 1 aliphatic carbocycles. The molecule has 1 aromatic carbocycles. The van der Waals surface area contributed by atoms with Crippen molar-refractivity contribution in [3.05, 3.63) is 23.8 Å². The molecule has 2 atom stereocenters. The normalized spacial score (nSPS) is 21.8. The van der Waals surface area contributed by atoms with E-state index in [9.17, 15) is 9.59 Å². The van der Waals surface area contributed by atoms with Gasteiger partial charge in [0.2, 0.25) is 11.8 Å². The summed E-state index contributed by atoms with van der Waals surface area (Å²) in [5, 5.41) is 3.11. The van der Waals surface area contributed by atoms with Crippen molar-refractivity contribution in [2.24, 2.45) is 17.6 Å². The quantitative estimate of drug-likeness (QED) is 0.789. The van der Waals surface area contributed by atoms with E-state index in [0.717, 1.165) is 24.1 Å². The third-order valence-corrected chi connectivity index (χ3v) is 5.43. The summed E-state index contributed by atoms with van der Waals surface area (Å²) in [6.07, 6.45) is 2.42. The Bertz CT molecular complexity index is 693. The molecule has 1 heterocycles. The smallest absolute Gasteiger partial charge is 0.227 e. The van der Waals surface area contributed by atoms with Gasteiger partial charge in [-0.15, -0.1) is 12.4 Å². The van der Waals surface area contributed by atoms with Crippen molar-refractivity contribution in [1.29, 1.82) is 0 Å². The van der Waals surface area contributed by atoms with Crippen LogP contribution in [-0.2, 0) is 9.59 Å². The van der Waals surface area contributed by atoms with Gasteiger partial charge in [-0.3, -0.25) is 9.59 Å². The summed E-state index contributed by atoms with van der Waals surface area (Å²) >= 11 is 0. The van der Waals surface area contributed by atoms with Crippen molar-refractivity contribution in [1.82, 2.24) is 5.32 Å². The van der Waals surface area contributed by atoms with Gasteiger partial charge in [0.25, 0.3) is 0 Å². The zero-order valence-corrected chi connectivity index (χ0v) is 16.4. The monoisotopic (exact) mass is 381 g/mol. The number of amides is 2. The zero-order valence-electron chi connectivity index (χ0n) is 15.6. The molecule has 2 unspecified atom stereocenters. The maximum absolute atomic E-state index is 12.7. The number of ether oxygens (including phenoxy) is 1. The highest BCUT2D eigenvalue weighted by atomic mass is 35.5. The van der Waals surface area contributed by atoms with E-state index < -0.39 is 0 Å². The maximum Gasteiger partial charge on any atom is 0.227 e. The summed E-state index contributed by atoms with van der Waals surface area (Å²) < 4.78 is 5.38. The lowest BCUT2D eigenvalue weighted by Crippen LogP contribution is -2.54. The Morgan fingerprint density at radius 3 is 2.69 bits per heavy atom. The first kappa shape index (κ1) is 20.5. The van der Waals surface area contributed by atoms with Gasteiger partial charge < -0.3 is 20.7 Å². The number of halogens is 1. The van der Waals surface area contributed by atoms with Crippen molar-refractivity contribution in [2.75, 3.05) is 25.1 Å². The number of carbonyl (C=O) groups is 2. The maximum atomic E-state index is 12.7. The van der Waals surface area contributed by atoms with Crippen LogP contribution in [0.25, 0.3) is 0 Å². The Hall–Kier alpha value is -1.79. The lowest BCUT2D eigenvalue weighted by atomic mass is 9.94. The Morgan fingerprint density at radius 2 is 2.12 bits per heavy atom. The number of nitrogens with zero attached hydrogens (tertiary/aromatic N) is 1. The minimum Gasteiger partial charge on any atom is -0.495 e. The van der Waals surface area contributed by atoms with Crippen LogP contribution in [-0.4, -0.2) is 37.6 Å². The highest BCUT2D eigenvalue weighted by Crippen LogP contribution is 2.39. The summed E-state index contributed by atoms with van der Waals surface area (Å²) in [7, 11) is 1.58. The average molecular weight is 382 g/mol. The van der Waals surface area contributed by atoms with Crippen molar-refractivity contribution in [2.45, 2.75) is 38.6 Å². The lowest BCUT2D eigenvalue weighted by Gasteiger charge is -2.30. The van der Waals surface area contributed by atoms with Crippen LogP contribution in [0.1, 0.15) is 31.7 Å².